The van der Waals surface area contributed by atoms with Crippen molar-refractivity contribution < 1.29 is 22.7 Å². The van der Waals surface area contributed by atoms with Gasteiger partial charge in [-0.15, -0.1) is 0 Å². The molecule has 3 rings (SSSR count). The number of hydrogen-bond acceptors (Lipinski definition) is 2. The molecule has 0 spiro atoms. The van der Waals surface area contributed by atoms with Gasteiger partial charge in [0, 0.05) is 17.1 Å². The van der Waals surface area contributed by atoms with Gasteiger partial charge in [-0.25, -0.2) is 0 Å². The highest BCUT2D eigenvalue weighted by Gasteiger charge is 2.44. The first-order valence-electron chi connectivity index (χ1n) is 8.14. The van der Waals surface area contributed by atoms with Crippen LogP contribution in [-0.2, 0) is 11.2 Å². The van der Waals surface area contributed by atoms with Crippen LogP contribution in [0.25, 0.3) is 0 Å². The van der Waals surface area contributed by atoms with Crippen molar-refractivity contribution in [3.05, 3.63) is 70.2 Å². The van der Waals surface area contributed by atoms with Crippen LogP contribution in [0.4, 0.5) is 13.2 Å². The van der Waals surface area contributed by atoms with E-state index in [2.05, 4.69) is 0 Å². The lowest BCUT2D eigenvalue weighted by Gasteiger charge is -2.34. The summed E-state index contributed by atoms with van der Waals surface area (Å²) < 4.78 is 43.5. The van der Waals surface area contributed by atoms with Crippen LogP contribution in [0.1, 0.15) is 21.5 Å². The summed E-state index contributed by atoms with van der Waals surface area (Å²) in [6.07, 6.45) is -5.93. The van der Waals surface area contributed by atoms with E-state index in [-0.39, 0.29) is 13.2 Å². The van der Waals surface area contributed by atoms with Crippen molar-refractivity contribution in [3.63, 3.8) is 0 Å². The third-order valence-corrected chi connectivity index (χ3v) is 4.53. The number of ether oxygens (including phenoxy) is 1. The number of morpholine rings is 1. The molecule has 1 fully saturated rings. The Labute approximate surface area is 154 Å². The van der Waals surface area contributed by atoms with E-state index in [9.17, 15) is 18.0 Å². The largest absolute Gasteiger partial charge is 0.416 e. The Morgan fingerprint density at radius 1 is 1.15 bits per heavy atom. The molecule has 138 valence electrons. The molecule has 0 aliphatic carbocycles. The third kappa shape index (κ3) is 4.37. The first kappa shape index (κ1) is 18.7. The molecule has 2 aromatic rings. The summed E-state index contributed by atoms with van der Waals surface area (Å²) in [5, 5.41) is 0.615. The fourth-order valence-electron chi connectivity index (χ4n) is 2.91. The number of nitrogens with zero attached hydrogens (tertiary/aromatic N) is 1. The lowest BCUT2D eigenvalue weighted by Crippen LogP contribution is -2.51. The molecule has 1 atom stereocenters. The van der Waals surface area contributed by atoms with Crippen LogP contribution >= 0.6 is 11.6 Å². The molecular formula is C19H17ClF3NO2. The lowest BCUT2D eigenvalue weighted by atomic mass is 9.98. The average molecular weight is 384 g/mol. The third-order valence-electron chi connectivity index (χ3n) is 4.27. The maximum Gasteiger partial charge on any atom is 0.416 e. The zero-order valence-corrected chi connectivity index (χ0v) is 14.6. The first-order chi connectivity index (χ1) is 12.3. The second-order valence-corrected chi connectivity index (χ2v) is 6.55. The van der Waals surface area contributed by atoms with E-state index in [1.165, 1.54) is 4.90 Å². The lowest BCUT2D eigenvalue weighted by molar-refractivity contribution is -0.233. The van der Waals surface area contributed by atoms with E-state index in [0.29, 0.717) is 17.0 Å². The molecule has 3 nitrogen and oxygen atoms in total. The van der Waals surface area contributed by atoms with Crippen LogP contribution in [-0.4, -0.2) is 42.8 Å². The number of amides is 1. The number of rotatable bonds is 3. The predicted octanol–water partition coefficient (Wildman–Crippen LogP) is 4.33. The van der Waals surface area contributed by atoms with E-state index in [1.807, 2.05) is 18.2 Å². The van der Waals surface area contributed by atoms with Crippen molar-refractivity contribution in [2.24, 2.45) is 0 Å². The number of benzene rings is 2. The van der Waals surface area contributed by atoms with E-state index in [1.54, 1.807) is 30.3 Å². The average Bonchev–Trinajstić information content (AvgIpc) is 2.63. The van der Waals surface area contributed by atoms with Crippen LogP contribution in [0.15, 0.2) is 48.5 Å². The van der Waals surface area contributed by atoms with Gasteiger partial charge < -0.3 is 9.64 Å². The normalized spacial score (nSPS) is 18.0. The topological polar surface area (TPSA) is 29.5 Å². The van der Waals surface area contributed by atoms with Crippen molar-refractivity contribution >= 4 is 17.5 Å². The number of alkyl halides is 3. The molecular weight excluding hydrogens is 367 g/mol. The number of carbonyl (C=O) groups excluding carboxylic acids is 1. The van der Waals surface area contributed by atoms with Gasteiger partial charge in [0.05, 0.1) is 13.2 Å². The minimum Gasteiger partial charge on any atom is -0.365 e. The molecule has 2 aromatic carbocycles. The molecule has 7 heteroatoms. The Morgan fingerprint density at radius 2 is 1.85 bits per heavy atom. The zero-order chi connectivity index (χ0) is 18.7. The summed E-state index contributed by atoms with van der Waals surface area (Å²) in [6, 6.07) is 14.2. The van der Waals surface area contributed by atoms with Crippen LogP contribution in [0.3, 0.4) is 0 Å². The maximum atomic E-state index is 12.9. The highest BCUT2D eigenvalue weighted by atomic mass is 35.5. The van der Waals surface area contributed by atoms with Gasteiger partial charge in [-0.05, 0) is 35.7 Å². The SMILES string of the molecule is O=C(c1ccccc1Cc1ccc(Cl)cc1)N1CCO[C@@H](C(F)(F)F)C1. The van der Waals surface area contributed by atoms with Crippen molar-refractivity contribution in [2.75, 3.05) is 19.7 Å². The molecule has 0 radical (unpaired) electrons. The van der Waals surface area contributed by atoms with Crippen molar-refractivity contribution in [1.29, 1.82) is 0 Å². The van der Waals surface area contributed by atoms with Crippen LogP contribution in [0, 0.1) is 0 Å². The van der Waals surface area contributed by atoms with E-state index < -0.39 is 24.7 Å². The fraction of sp³-hybridized carbons (Fsp3) is 0.316. The molecule has 1 saturated heterocycles. The highest BCUT2D eigenvalue weighted by Crippen LogP contribution is 2.27. The number of carbonyl (C=O) groups is 1. The van der Waals surface area contributed by atoms with Gasteiger partial charge in [-0.3, -0.25) is 4.79 Å². The number of halogens is 4. The molecule has 0 aromatic heterocycles. The molecule has 1 heterocycles. The van der Waals surface area contributed by atoms with E-state index >= 15 is 0 Å². The molecule has 0 unspecified atom stereocenters. The van der Waals surface area contributed by atoms with Crippen molar-refractivity contribution in [2.45, 2.75) is 18.7 Å². The Balaban J connectivity index is 1.80. The van der Waals surface area contributed by atoms with E-state index in [0.717, 1.165) is 11.1 Å². The Morgan fingerprint density at radius 3 is 2.54 bits per heavy atom. The monoisotopic (exact) mass is 383 g/mol. The van der Waals surface area contributed by atoms with Crippen LogP contribution in [0.2, 0.25) is 5.02 Å². The quantitative estimate of drug-likeness (QED) is 0.789. The van der Waals surface area contributed by atoms with Crippen LogP contribution in [0.5, 0.6) is 0 Å². The molecule has 26 heavy (non-hydrogen) atoms. The summed E-state index contributed by atoms with van der Waals surface area (Å²) in [5.41, 5.74) is 2.13. The fourth-order valence-corrected chi connectivity index (χ4v) is 3.03. The minimum absolute atomic E-state index is 0.130. The molecule has 1 amide bonds. The molecule has 0 N–H and O–H groups in total. The van der Waals surface area contributed by atoms with Gasteiger partial charge in [0.1, 0.15) is 0 Å². The standard InChI is InChI=1S/C19H17ClF3NO2/c20-15-7-5-13(6-8-15)11-14-3-1-2-4-16(14)18(25)24-9-10-26-17(12-24)19(21,22)23/h1-8,17H,9-12H2/t17-/m1/s1. The Kier molecular flexibility index (Phi) is 5.53. The Bertz CT molecular complexity index is 777. The van der Waals surface area contributed by atoms with Gasteiger partial charge in [0.2, 0.25) is 0 Å². The summed E-state index contributed by atoms with van der Waals surface area (Å²) >= 11 is 5.88. The Hall–Kier alpha value is -2.05. The molecule has 1 aliphatic heterocycles. The summed E-state index contributed by atoms with van der Waals surface area (Å²) in [4.78, 5) is 14.0. The van der Waals surface area contributed by atoms with Gasteiger partial charge in [0.15, 0.2) is 6.10 Å². The minimum atomic E-state index is -4.48. The van der Waals surface area contributed by atoms with Crippen molar-refractivity contribution in [3.8, 4) is 0 Å². The molecule has 0 saturated carbocycles. The van der Waals surface area contributed by atoms with Gasteiger partial charge in [-0.2, -0.15) is 13.2 Å². The molecule has 0 bridgehead atoms. The summed E-state index contributed by atoms with van der Waals surface area (Å²) in [6.45, 7) is -0.479. The van der Waals surface area contributed by atoms with Crippen molar-refractivity contribution in [1.82, 2.24) is 4.90 Å². The predicted molar refractivity (Wildman–Crippen MR) is 92.4 cm³/mol. The maximum absolute atomic E-state index is 12.9. The van der Waals surface area contributed by atoms with Crippen LogP contribution < -0.4 is 0 Å². The highest BCUT2D eigenvalue weighted by molar-refractivity contribution is 6.30. The first-order valence-corrected chi connectivity index (χ1v) is 8.52. The number of hydrogen-bond donors (Lipinski definition) is 0. The second kappa shape index (κ2) is 7.68. The van der Waals surface area contributed by atoms with Gasteiger partial charge in [-0.1, -0.05) is 41.9 Å². The smallest absolute Gasteiger partial charge is 0.365 e. The van der Waals surface area contributed by atoms with Gasteiger partial charge >= 0.3 is 6.18 Å². The summed E-state index contributed by atoms with van der Waals surface area (Å²) in [5.74, 6) is -0.410. The van der Waals surface area contributed by atoms with Gasteiger partial charge in [0.25, 0.3) is 5.91 Å². The van der Waals surface area contributed by atoms with E-state index in [4.69, 9.17) is 16.3 Å². The second-order valence-electron chi connectivity index (χ2n) is 6.11. The zero-order valence-electron chi connectivity index (χ0n) is 13.8. The molecule has 1 aliphatic rings. The summed E-state index contributed by atoms with van der Waals surface area (Å²) in [7, 11) is 0.